The molecule has 0 saturated carbocycles. The quantitative estimate of drug-likeness (QED) is 0.870. The first kappa shape index (κ1) is 11.8. The molecular weight excluding hydrogens is 208 g/mol. The SMILES string of the molecule is CNCc1ccc(C)cc1-c1ccc(C)nc1. The highest BCUT2D eigenvalue weighted by molar-refractivity contribution is 5.67. The molecule has 0 aliphatic heterocycles. The zero-order valence-electron chi connectivity index (χ0n) is 10.6. The van der Waals surface area contributed by atoms with Crippen LogP contribution in [0.4, 0.5) is 0 Å². The van der Waals surface area contributed by atoms with Gasteiger partial charge in [0, 0.05) is 24.0 Å². The zero-order valence-corrected chi connectivity index (χ0v) is 10.6. The van der Waals surface area contributed by atoms with Crippen molar-refractivity contribution in [2.75, 3.05) is 7.05 Å². The van der Waals surface area contributed by atoms with Gasteiger partial charge >= 0.3 is 0 Å². The molecule has 2 heteroatoms. The van der Waals surface area contributed by atoms with E-state index < -0.39 is 0 Å². The van der Waals surface area contributed by atoms with Crippen LogP contribution >= 0.6 is 0 Å². The monoisotopic (exact) mass is 226 g/mol. The fourth-order valence-electron chi connectivity index (χ4n) is 1.93. The average molecular weight is 226 g/mol. The first-order valence-electron chi connectivity index (χ1n) is 5.88. The van der Waals surface area contributed by atoms with Crippen LogP contribution in [0.5, 0.6) is 0 Å². The molecule has 0 aliphatic rings. The largest absolute Gasteiger partial charge is 0.316 e. The summed E-state index contributed by atoms with van der Waals surface area (Å²) in [7, 11) is 1.97. The minimum atomic E-state index is 0.878. The summed E-state index contributed by atoms with van der Waals surface area (Å²) in [6.07, 6.45) is 1.95. The third-order valence-corrected chi connectivity index (χ3v) is 2.85. The minimum absolute atomic E-state index is 0.878. The summed E-state index contributed by atoms with van der Waals surface area (Å²) in [5.41, 5.74) is 6.09. The van der Waals surface area contributed by atoms with Crippen LogP contribution in [0.1, 0.15) is 16.8 Å². The average Bonchev–Trinajstić information content (AvgIpc) is 2.33. The lowest BCUT2D eigenvalue weighted by atomic mass is 9.98. The molecule has 1 N–H and O–H groups in total. The van der Waals surface area contributed by atoms with Crippen LogP contribution in [0.25, 0.3) is 11.1 Å². The minimum Gasteiger partial charge on any atom is -0.316 e. The van der Waals surface area contributed by atoms with Crippen molar-refractivity contribution in [3.63, 3.8) is 0 Å². The van der Waals surface area contributed by atoms with E-state index in [0.29, 0.717) is 0 Å². The van der Waals surface area contributed by atoms with Gasteiger partial charge in [-0.3, -0.25) is 4.98 Å². The highest BCUT2D eigenvalue weighted by Crippen LogP contribution is 2.24. The van der Waals surface area contributed by atoms with Crippen LogP contribution in [0, 0.1) is 13.8 Å². The van der Waals surface area contributed by atoms with Crippen molar-refractivity contribution in [2.24, 2.45) is 0 Å². The van der Waals surface area contributed by atoms with Crippen molar-refractivity contribution in [3.8, 4) is 11.1 Å². The van der Waals surface area contributed by atoms with Gasteiger partial charge in [0.25, 0.3) is 0 Å². The Morgan fingerprint density at radius 1 is 1.12 bits per heavy atom. The Kier molecular flexibility index (Phi) is 3.55. The summed E-state index contributed by atoms with van der Waals surface area (Å²) in [6.45, 7) is 5.01. The Labute approximate surface area is 103 Å². The van der Waals surface area contributed by atoms with E-state index in [0.717, 1.165) is 12.2 Å². The third-order valence-electron chi connectivity index (χ3n) is 2.85. The first-order chi connectivity index (χ1) is 8.20. The van der Waals surface area contributed by atoms with Crippen LogP contribution < -0.4 is 5.32 Å². The van der Waals surface area contributed by atoms with Crippen molar-refractivity contribution in [2.45, 2.75) is 20.4 Å². The molecule has 0 bridgehead atoms. The Morgan fingerprint density at radius 3 is 2.59 bits per heavy atom. The second kappa shape index (κ2) is 5.11. The molecule has 1 aromatic heterocycles. The number of aryl methyl sites for hydroxylation is 2. The summed E-state index contributed by atoms with van der Waals surface area (Å²) >= 11 is 0. The molecule has 0 saturated heterocycles. The second-order valence-electron chi connectivity index (χ2n) is 4.38. The summed E-state index contributed by atoms with van der Waals surface area (Å²) < 4.78 is 0. The fraction of sp³-hybridized carbons (Fsp3) is 0.267. The van der Waals surface area contributed by atoms with Gasteiger partial charge in [-0.25, -0.2) is 0 Å². The first-order valence-corrected chi connectivity index (χ1v) is 5.88. The number of nitrogens with one attached hydrogen (secondary N) is 1. The topological polar surface area (TPSA) is 24.9 Å². The molecule has 1 aromatic carbocycles. The number of pyridine rings is 1. The van der Waals surface area contributed by atoms with Gasteiger partial charge in [0.2, 0.25) is 0 Å². The number of aromatic nitrogens is 1. The number of benzene rings is 1. The number of hydrogen-bond acceptors (Lipinski definition) is 2. The lowest BCUT2D eigenvalue weighted by Gasteiger charge is -2.10. The highest BCUT2D eigenvalue weighted by atomic mass is 14.8. The van der Waals surface area contributed by atoms with Crippen molar-refractivity contribution in [1.29, 1.82) is 0 Å². The van der Waals surface area contributed by atoms with Gasteiger partial charge in [-0.2, -0.15) is 0 Å². The van der Waals surface area contributed by atoms with Crippen LogP contribution in [0.3, 0.4) is 0 Å². The molecule has 0 fully saturated rings. The van der Waals surface area contributed by atoms with Gasteiger partial charge in [-0.05, 0) is 38.1 Å². The number of rotatable bonds is 3. The highest BCUT2D eigenvalue weighted by Gasteiger charge is 2.05. The lowest BCUT2D eigenvalue weighted by molar-refractivity contribution is 0.819. The molecule has 88 valence electrons. The summed E-state index contributed by atoms with van der Waals surface area (Å²) in [5.74, 6) is 0. The fourth-order valence-corrected chi connectivity index (χ4v) is 1.93. The Hall–Kier alpha value is -1.67. The Morgan fingerprint density at radius 2 is 1.94 bits per heavy atom. The predicted octanol–water partition coefficient (Wildman–Crippen LogP) is 3.08. The van der Waals surface area contributed by atoms with E-state index in [1.807, 2.05) is 20.2 Å². The molecule has 2 rings (SSSR count). The smallest absolute Gasteiger partial charge is 0.0373 e. The maximum atomic E-state index is 4.37. The lowest BCUT2D eigenvalue weighted by Crippen LogP contribution is -2.06. The van der Waals surface area contributed by atoms with Gasteiger partial charge in [0.05, 0.1) is 0 Å². The molecule has 0 aliphatic carbocycles. The molecule has 2 nitrogen and oxygen atoms in total. The van der Waals surface area contributed by atoms with Crippen molar-refractivity contribution in [1.82, 2.24) is 10.3 Å². The van der Waals surface area contributed by atoms with E-state index in [4.69, 9.17) is 0 Å². The Bertz CT molecular complexity index is 501. The molecule has 0 unspecified atom stereocenters. The summed E-state index contributed by atoms with van der Waals surface area (Å²) in [5, 5.41) is 3.20. The van der Waals surface area contributed by atoms with E-state index >= 15 is 0 Å². The maximum absolute atomic E-state index is 4.37. The van der Waals surface area contributed by atoms with Crippen LogP contribution in [-0.2, 0) is 6.54 Å². The van der Waals surface area contributed by atoms with E-state index in [9.17, 15) is 0 Å². The van der Waals surface area contributed by atoms with E-state index in [2.05, 4.69) is 47.6 Å². The van der Waals surface area contributed by atoms with Crippen molar-refractivity contribution in [3.05, 3.63) is 53.3 Å². The van der Waals surface area contributed by atoms with Gasteiger partial charge in [0.15, 0.2) is 0 Å². The van der Waals surface area contributed by atoms with Crippen molar-refractivity contribution < 1.29 is 0 Å². The van der Waals surface area contributed by atoms with Gasteiger partial charge in [-0.1, -0.05) is 29.8 Å². The zero-order chi connectivity index (χ0) is 12.3. The van der Waals surface area contributed by atoms with Gasteiger partial charge in [0.1, 0.15) is 0 Å². The molecule has 0 spiro atoms. The standard InChI is InChI=1S/C15H18N2/c1-11-4-6-13(9-16-3)15(8-11)14-7-5-12(2)17-10-14/h4-8,10,16H,9H2,1-3H3. The molecule has 1 heterocycles. The molecule has 2 aromatic rings. The number of hydrogen-bond donors (Lipinski definition) is 1. The molecule has 17 heavy (non-hydrogen) atoms. The van der Waals surface area contributed by atoms with Gasteiger partial charge < -0.3 is 5.32 Å². The van der Waals surface area contributed by atoms with E-state index in [-0.39, 0.29) is 0 Å². The third kappa shape index (κ3) is 2.71. The molecular formula is C15H18N2. The predicted molar refractivity (Wildman–Crippen MR) is 71.9 cm³/mol. The second-order valence-corrected chi connectivity index (χ2v) is 4.38. The van der Waals surface area contributed by atoms with Crippen LogP contribution in [0.2, 0.25) is 0 Å². The number of nitrogens with zero attached hydrogens (tertiary/aromatic N) is 1. The van der Waals surface area contributed by atoms with Crippen LogP contribution in [-0.4, -0.2) is 12.0 Å². The molecule has 0 radical (unpaired) electrons. The van der Waals surface area contributed by atoms with E-state index in [1.54, 1.807) is 0 Å². The molecule has 0 amide bonds. The maximum Gasteiger partial charge on any atom is 0.0373 e. The summed E-state index contributed by atoms with van der Waals surface area (Å²) in [6, 6.07) is 10.7. The molecule has 0 atom stereocenters. The van der Waals surface area contributed by atoms with Gasteiger partial charge in [-0.15, -0.1) is 0 Å². The van der Waals surface area contributed by atoms with Crippen LogP contribution in [0.15, 0.2) is 36.5 Å². The van der Waals surface area contributed by atoms with E-state index in [1.165, 1.54) is 22.3 Å². The van der Waals surface area contributed by atoms with Crippen molar-refractivity contribution >= 4 is 0 Å². The Balaban J connectivity index is 2.48. The normalized spacial score (nSPS) is 10.5. The summed E-state index contributed by atoms with van der Waals surface area (Å²) in [4.78, 5) is 4.37.